The van der Waals surface area contributed by atoms with E-state index >= 15 is 0 Å². The molecular weight excluding hydrogens is 296 g/mol. The number of anilines is 1. The lowest BCUT2D eigenvalue weighted by Crippen LogP contribution is -2.47. The third-order valence-electron chi connectivity index (χ3n) is 5.04. The summed E-state index contributed by atoms with van der Waals surface area (Å²) in [6, 6.07) is 17.3. The summed E-state index contributed by atoms with van der Waals surface area (Å²) in [5.74, 6) is 0.529. The smallest absolute Gasteiger partial charge is 0.0931 e. The van der Waals surface area contributed by atoms with Crippen LogP contribution in [-0.4, -0.2) is 47.6 Å². The normalized spacial score (nSPS) is 17.3. The highest BCUT2D eigenvalue weighted by Gasteiger charge is 2.19. The van der Waals surface area contributed by atoms with Crippen LogP contribution in [0.4, 0.5) is 5.69 Å². The molecule has 3 aromatic rings. The van der Waals surface area contributed by atoms with E-state index in [0.717, 1.165) is 43.8 Å². The van der Waals surface area contributed by atoms with E-state index < -0.39 is 0 Å². The molecule has 0 saturated carbocycles. The first-order chi connectivity index (χ1) is 11.8. The minimum Gasteiger partial charge on any atom is -0.369 e. The molecule has 4 heteroatoms. The number of H-pyrrole nitrogens is 1. The molecule has 1 unspecified atom stereocenters. The first kappa shape index (κ1) is 15.2. The third-order valence-corrected chi connectivity index (χ3v) is 5.04. The monoisotopic (exact) mass is 320 g/mol. The molecule has 1 aliphatic heterocycles. The molecule has 4 nitrogen and oxygen atoms in total. The summed E-state index contributed by atoms with van der Waals surface area (Å²) in [5, 5.41) is 0. The lowest BCUT2D eigenvalue weighted by atomic mass is 9.99. The van der Waals surface area contributed by atoms with Crippen molar-refractivity contribution in [3.05, 3.63) is 60.4 Å². The number of para-hydroxylation sites is 1. The molecule has 24 heavy (non-hydrogen) atoms. The molecule has 1 saturated heterocycles. The number of fused-ring (bicyclic) bond motifs is 1. The molecule has 1 aromatic heterocycles. The molecule has 1 fully saturated rings. The van der Waals surface area contributed by atoms with Gasteiger partial charge in [-0.3, -0.25) is 4.90 Å². The predicted octanol–water partition coefficient (Wildman–Crippen LogP) is 3.49. The van der Waals surface area contributed by atoms with E-state index in [1.165, 1.54) is 11.3 Å². The zero-order valence-corrected chi connectivity index (χ0v) is 14.2. The van der Waals surface area contributed by atoms with Crippen molar-refractivity contribution in [3.8, 4) is 0 Å². The lowest BCUT2D eigenvalue weighted by molar-refractivity contribution is 0.246. The number of nitrogens with one attached hydrogen (secondary N) is 1. The van der Waals surface area contributed by atoms with Crippen LogP contribution in [0.25, 0.3) is 11.0 Å². The number of aromatic amines is 1. The molecule has 0 spiro atoms. The number of hydrogen-bond donors (Lipinski definition) is 1. The molecule has 4 rings (SSSR count). The van der Waals surface area contributed by atoms with Gasteiger partial charge in [0.15, 0.2) is 0 Å². The summed E-state index contributed by atoms with van der Waals surface area (Å²) >= 11 is 0. The van der Waals surface area contributed by atoms with E-state index in [4.69, 9.17) is 0 Å². The van der Waals surface area contributed by atoms with Gasteiger partial charge in [0, 0.05) is 38.4 Å². The topological polar surface area (TPSA) is 35.2 Å². The average molecular weight is 320 g/mol. The number of imidazole rings is 1. The van der Waals surface area contributed by atoms with E-state index in [1.807, 2.05) is 0 Å². The highest BCUT2D eigenvalue weighted by molar-refractivity contribution is 5.75. The number of aromatic nitrogens is 2. The van der Waals surface area contributed by atoms with Gasteiger partial charge in [-0.2, -0.15) is 0 Å². The molecule has 1 atom stereocenters. The Morgan fingerprint density at radius 2 is 1.83 bits per heavy atom. The van der Waals surface area contributed by atoms with Gasteiger partial charge < -0.3 is 9.88 Å². The minimum absolute atomic E-state index is 0.529. The van der Waals surface area contributed by atoms with Gasteiger partial charge in [-0.1, -0.05) is 31.2 Å². The summed E-state index contributed by atoms with van der Waals surface area (Å²) in [6.07, 6.45) is 1.77. The summed E-state index contributed by atoms with van der Waals surface area (Å²) in [4.78, 5) is 12.6. The van der Waals surface area contributed by atoms with Crippen LogP contribution in [0.3, 0.4) is 0 Å². The van der Waals surface area contributed by atoms with Crippen LogP contribution >= 0.6 is 0 Å². The highest BCUT2D eigenvalue weighted by Crippen LogP contribution is 2.22. The van der Waals surface area contributed by atoms with Crippen LogP contribution in [0, 0.1) is 0 Å². The Morgan fingerprint density at radius 3 is 2.62 bits per heavy atom. The number of nitrogens with zero attached hydrogens (tertiary/aromatic N) is 3. The van der Waals surface area contributed by atoms with Gasteiger partial charge in [0.05, 0.1) is 17.4 Å². The maximum absolute atomic E-state index is 4.30. The molecule has 124 valence electrons. The number of benzene rings is 2. The fourth-order valence-electron chi connectivity index (χ4n) is 3.58. The Morgan fingerprint density at radius 1 is 1.04 bits per heavy atom. The third kappa shape index (κ3) is 3.15. The Balaban J connectivity index is 1.36. The lowest BCUT2D eigenvalue weighted by Gasteiger charge is -2.37. The van der Waals surface area contributed by atoms with Gasteiger partial charge in [-0.15, -0.1) is 0 Å². The van der Waals surface area contributed by atoms with Crippen LogP contribution in [0.5, 0.6) is 0 Å². The van der Waals surface area contributed by atoms with E-state index in [2.05, 4.69) is 75.2 Å². The summed E-state index contributed by atoms with van der Waals surface area (Å²) in [5.41, 5.74) is 4.91. The molecule has 1 aliphatic rings. The van der Waals surface area contributed by atoms with Gasteiger partial charge in [0.1, 0.15) is 0 Å². The van der Waals surface area contributed by atoms with Crippen LogP contribution in [0.2, 0.25) is 0 Å². The maximum atomic E-state index is 4.30. The van der Waals surface area contributed by atoms with Crippen molar-refractivity contribution < 1.29 is 0 Å². The maximum Gasteiger partial charge on any atom is 0.0931 e. The quantitative estimate of drug-likeness (QED) is 0.799. The predicted molar refractivity (Wildman–Crippen MR) is 99.6 cm³/mol. The second kappa shape index (κ2) is 6.65. The van der Waals surface area contributed by atoms with Gasteiger partial charge in [0.2, 0.25) is 0 Å². The van der Waals surface area contributed by atoms with E-state index in [9.17, 15) is 0 Å². The Hall–Kier alpha value is -2.33. The Bertz CT molecular complexity index is 788. The van der Waals surface area contributed by atoms with Gasteiger partial charge >= 0.3 is 0 Å². The number of piperazine rings is 1. The van der Waals surface area contributed by atoms with Crippen LogP contribution < -0.4 is 4.90 Å². The highest BCUT2D eigenvalue weighted by atomic mass is 15.3. The Labute approximate surface area is 143 Å². The molecule has 0 radical (unpaired) electrons. The molecule has 2 heterocycles. The second-order valence-corrected chi connectivity index (χ2v) is 6.70. The van der Waals surface area contributed by atoms with Crippen LogP contribution in [-0.2, 0) is 0 Å². The zero-order chi connectivity index (χ0) is 16.4. The molecule has 0 aliphatic carbocycles. The van der Waals surface area contributed by atoms with Gasteiger partial charge in [-0.05, 0) is 35.7 Å². The van der Waals surface area contributed by atoms with Gasteiger partial charge in [-0.25, -0.2) is 4.98 Å². The first-order valence-corrected chi connectivity index (χ1v) is 8.75. The minimum atomic E-state index is 0.529. The number of rotatable bonds is 4. The Kier molecular flexibility index (Phi) is 4.22. The molecule has 0 bridgehead atoms. The SMILES string of the molecule is CC(CN1CCN(c2ccccc2)CC1)c1ccc2nc[nH]c2c1. The van der Waals surface area contributed by atoms with Crippen LogP contribution in [0.1, 0.15) is 18.4 Å². The van der Waals surface area contributed by atoms with E-state index in [0.29, 0.717) is 5.92 Å². The van der Waals surface area contributed by atoms with E-state index in [-0.39, 0.29) is 0 Å². The summed E-state index contributed by atoms with van der Waals surface area (Å²) in [6.45, 7) is 7.91. The second-order valence-electron chi connectivity index (χ2n) is 6.70. The molecule has 2 aromatic carbocycles. The van der Waals surface area contributed by atoms with Crippen molar-refractivity contribution >= 4 is 16.7 Å². The van der Waals surface area contributed by atoms with Crippen molar-refractivity contribution in [2.75, 3.05) is 37.6 Å². The van der Waals surface area contributed by atoms with Crippen molar-refractivity contribution in [2.45, 2.75) is 12.8 Å². The van der Waals surface area contributed by atoms with Gasteiger partial charge in [0.25, 0.3) is 0 Å². The first-order valence-electron chi connectivity index (χ1n) is 8.75. The van der Waals surface area contributed by atoms with Crippen LogP contribution in [0.15, 0.2) is 54.9 Å². The number of hydrogen-bond acceptors (Lipinski definition) is 3. The molecular formula is C20H24N4. The van der Waals surface area contributed by atoms with Crippen molar-refractivity contribution in [1.29, 1.82) is 0 Å². The largest absolute Gasteiger partial charge is 0.369 e. The van der Waals surface area contributed by atoms with E-state index in [1.54, 1.807) is 6.33 Å². The van der Waals surface area contributed by atoms with Crippen molar-refractivity contribution in [2.24, 2.45) is 0 Å². The fraction of sp³-hybridized carbons (Fsp3) is 0.350. The van der Waals surface area contributed by atoms with Crippen molar-refractivity contribution in [3.63, 3.8) is 0 Å². The standard InChI is InChI=1S/C20H24N4/c1-16(17-7-8-19-20(13-17)22-15-21-19)14-23-9-11-24(12-10-23)18-5-3-2-4-6-18/h2-8,13,15-16H,9-12,14H2,1H3,(H,21,22). The summed E-state index contributed by atoms with van der Waals surface area (Å²) in [7, 11) is 0. The molecule has 1 N–H and O–H groups in total. The molecule has 0 amide bonds. The average Bonchev–Trinajstić information content (AvgIpc) is 3.11. The zero-order valence-electron chi connectivity index (χ0n) is 14.2. The summed E-state index contributed by atoms with van der Waals surface area (Å²) < 4.78 is 0. The fourth-order valence-corrected chi connectivity index (χ4v) is 3.58. The van der Waals surface area contributed by atoms with Crippen molar-refractivity contribution in [1.82, 2.24) is 14.9 Å².